The number of anilines is 1. The number of hydrogen-bond donors (Lipinski definition) is 2. The first-order chi connectivity index (χ1) is 13.7. The van der Waals surface area contributed by atoms with Gasteiger partial charge in [-0.1, -0.05) is 0 Å². The van der Waals surface area contributed by atoms with E-state index in [9.17, 15) is 4.79 Å². The summed E-state index contributed by atoms with van der Waals surface area (Å²) in [5.41, 5.74) is 2.09. The first-order valence-corrected chi connectivity index (χ1v) is 10.3. The Balaban J connectivity index is 1.33. The summed E-state index contributed by atoms with van der Waals surface area (Å²) in [5.74, 6) is 2.07. The SMILES string of the molecule is CN=C(NCC(=O)N1CCc2sccc2C1)Nc1ccc2c(c1)OCCCO2. The summed E-state index contributed by atoms with van der Waals surface area (Å²) in [7, 11) is 1.68. The molecule has 2 aliphatic heterocycles. The molecule has 0 unspecified atom stereocenters. The van der Waals surface area contributed by atoms with Crippen LogP contribution in [0.15, 0.2) is 34.6 Å². The Morgan fingerprint density at radius 1 is 1.25 bits per heavy atom. The Bertz CT molecular complexity index is 880. The lowest BCUT2D eigenvalue weighted by Gasteiger charge is -2.27. The summed E-state index contributed by atoms with van der Waals surface area (Å²) < 4.78 is 11.4. The molecule has 8 heteroatoms. The fourth-order valence-electron chi connectivity index (χ4n) is 3.29. The van der Waals surface area contributed by atoms with Crippen LogP contribution in [-0.2, 0) is 17.8 Å². The molecule has 0 aliphatic carbocycles. The van der Waals surface area contributed by atoms with Gasteiger partial charge in [0, 0.05) is 43.2 Å². The molecule has 2 N–H and O–H groups in total. The lowest BCUT2D eigenvalue weighted by Crippen LogP contribution is -2.43. The minimum Gasteiger partial charge on any atom is -0.490 e. The largest absolute Gasteiger partial charge is 0.490 e. The second-order valence-corrected chi connectivity index (χ2v) is 7.70. The van der Waals surface area contributed by atoms with E-state index in [1.54, 1.807) is 18.4 Å². The predicted octanol–water partition coefficient (Wildman–Crippen LogP) is 2.48. The summed E-state index contributed by atoms with van der Waals surface area (Å²) >= 11 is 1.77. The molecule has 0 atom stereocenters. The molecule has 148 valence electrons. The first-order valence-electron chi connectivity index (χ1n) is 9.43. The fraction of sp³-hybridized carbons (Fsp3) is 0.400. The highest BCUT2D eigenvalue weighted by Crippen LogP contribution is 2.32. The van der Waals surface area contributed by atoms with Crippen LogP contribution in [0.25, 0.3) is 0 Å². The van der Waals surface area contributed by atoms with Crippen molar-refractivity contribution in [2.24, 2.45) is 4.99 Å². The van der Waals surface area contributed by atoms with E-state index >= 15 is 0 Å². The van der Waals surface area contributed by atoms with Gasteiger partial charge < -0.3 is 25.0 Å². The van der Waals surface area contributed by atoms with Gasteiger partial charge in [0.2, 0.25) is 5.91 Å². The van der Waals surface area contributed by atoms with Gasteiger partial charge >= 0.3 is 0 Å². The summed E-state index contributed by atoms with van der Waals surface area (Å²) in [4.78, 5) is 20.1. The number of guanidine groups is 1. The quantitative estimate of drug-likeness (QED) is 0.612. The number of aliphatic imine (C=N–C) groups is 1. The van der Waals surface area contributed by atoms with Gasteiger partial charge in [0.15, 0.2) is 17.5 Å². The second kappa shape index (κ2) is 8.52. The molecule has 1 aromatic heterocycles. The van der Waals surface area contributed by atoms with Crippen molar-refractivity contribution in [3.05, 3.63) is 40.1 Å². The van der Waals surface area contributed by atoms with Crippen molar-refractivity contribution in [3.8, 4) is 11.5 Å². The van der Waals surface area contributed by atoms with E-state index in [1.807, 2.05) is 23.1 Å². The zero-order valence-electron chi connectivity index (χ0n) is 15.9. The van der Waals surface area contributed by atoms with E-state index in [0.717, 1.165) is 30.8 Å². The van der Waals surface area contributed by atoms with Crippen LogP contribution < -0.4 is 20.1 Å². The number of thiophene rings is 1. The topological polar surface area (TPSA) is 75.2 Å². The van der Waals surface area contributed by atoms with Crippen LogP contribution in [0.2, 0.25) is 0 Å². The Kier molecular flexibility index (Phi) is 5.66. The van der Waals surface area contributed by atoms with Crippen LogP contribution in [0.5, 0.6) is 11.5 Å². The molecule has 0 radical (unpaired) electrons. The number of benzene rings is 1. The molecule has 4 rings (SSSR count). The maximum absolute atomic E-state index is 12.6. The van der Waals surface area contributed by atoms with Gasteiger partial charge in [-0.2, -0.15) is 0 Å². The summed E-state index contributed by atoms with van der Waals surface area (Å²) in [6.45, 7) is 2.95. The Hall–Kier alpha value is -2.74. The van der Waals surface area contributed by atoms with Crippen molar-refractivity contribution < 1.29 is 14.3 Å². The molecule has 1 amide bonds. The average Bonchev–Trinajstić information content (AvgIpc) is 3.07. The Labute approximate surface area is 168 Å². The van der Waals surface area contributed by atoms with Gasteiger partial charge in [0.25, 0.3) is 0 Å². The third-order valence-electron chi connectivity index (χ3n) is 4.80. The van der Waals surface area contributed by atoms with Crippen molar-refractivity contribution in [2.45, 2.75) is 19.4 Å². The van der Waals surface area contributed by atoms with E-state index < -0.39 is 0 Å². The van der Waals surface area contributed by atoms with E-state index in [4.69, 9.17) is 9.47 Å². The van der Waals surface area contributed by atoms with Gasteiger partial charge in [-0.25, -0.2) is 0 Å². The molecule has 0 saturated heterocycles. The van der Waals surface area contributed by atoms with Gasteiger partial charge in [0.1, 0.15) is 0 Å². The zero-order chi connectivity index (χ0) is 19.3. The number of hydrogen-bond acceptors (Lipinski definition) is 5. The summed E-state index contributed by atoms with van der Waals surface area (Å²) in [5, 5.41) is 8.40. The Morgan fingerprint density at radius 3 is 2.96 bits per heavy atom. The zero-order valence-corrected chi connectivity index (χ0v) is 16.7. The minimum atomic E-state index is 0.0680. The molecule has 3 heterocycles. The van der Waals surface area contributed by atoms with E-state index in [2.05, 4.69) is 27.1 Å². The maximum atomic E-state index is 12.6. The molecule has 0 bridgehead atoms. The van der Waals surface area contributed by atoms with E-state index in [0.29, 0.717) is 31.5 Å². The summed E-state index contributed by atoms with van der Waals surface area (Å²) in [6.07, 6.45) is 1.80. The normalized spacial score (nSPS) is 16.2. The van der Waals surface area contributed by atoms with Gasteiger partial charge in [-0.3, -0.25) is 9.79 Å². The van der Waals surface area contributed by atoms with Crippen molar-refractivity contribution in [1.29, 1.82) is 0 Å². The van der Waals surface area contributed by atoms with Crippen LogP contribution in [0, 0.1) is 0 Å². The Morgan fingerprint density at radius 2 is 2.11 bits per heavy atom. The number of fused-ring (bicyclic) bond motifs is 2. The van der Waals surface area contributed by atoms with Gasteiger partial charge in [-0.15, -0.1) is 11.3 Å². The molecule has 2 aliphatic rings. The molecular formula is C20H24N4O3S. The van der Waals surface area contributed by atoms with Crippen molar-refractivity contribution in [1.82, 2.24) is 10.2 Å². The standard InChI is InChI=1S/C20H24N4O3S/c1-21-20(23-15-3-4-16-17(11-15)27-9-2-8-26-16)22-12-19(25)24-7-5-18-14(13-24)6-10-28-18/h3-4,6,10-11H,2,5,7-9,12-13H2,1H3,(H2,21,22,23). The van der Waals surface area contributed by atoms with Crippen molar-refractivity contribution in [3.63, 3.8) is 0 Å². The van der Waals surface area contributed by atoms with E-state index in [-0.39, 0.29) is 12.5 Å². The lowest BCUT2D eigenvalue weighted by molar-refractivity contribution is -0.130. The average molecular weight is 401 g/mol. The molecule has 7 nitrogen and oxygen atoms in total. The monoisotopic (exact) mass is 400 g/mol. The van der Waals surface area contributed by atoms with Crippen LogP contribution in [-0.4, -0.2) is 50.1 Å². The molecule has 2 aromatic rings. The highest BCUT2D eigenvalue weighted by Gasteiger charge is 2.21. The van der Waals surface area contributed by atoms with Crippen LogP contribution in [0.4, 0.5) is 5.69 Å². The summed E-state index contributed by atoms with van der Waals surface area (Å²) in [6, 6.07) is 7.79. The van der Waals surface area contributed by atoms with Crippen molar-refractivity contribution in [2.75, 3.05) is 38.7 Å². The number of rotatable bonds is 3. The smallest absolute Gasteiger partial charge is 0.242 e. The minimum absolute atomic E-state index is 0.0680. The van der Waals surface area contributed by atoms with E-state index in [1.165, 1.54) is 10.4 Å². The van der Waals surface area contributed by atoms with Gasteiger partial charge in [-0.05, 0) is 35.6 Å². The molecular weight excluding hydrogens is 376 g/mol. The molecule has 28 heavy (non-hydrogen) atoms. The maximum Gasteiger partial charge on any atom is 0.242 e. The number of amides is 1. The van der Waals surface area contributed by atoms with Gasteiger partial charge in [0.05, 0.1) is 19.8 Å². The molecule has 0 fully saturated rings. The number of carbonyl (C=O) groups is 1. The predicted molar refractivity (Wildman–Crippen MR) is 110 cm³/mol. The number of carbonyl (C=O) groups excluding carboxylic acids is 1. The lowest BCUT2D eigenvalue weighted by atomic mass is 10.1. The highest BCUT2D eigenvalue weighted by molar-refractivity contribution is 7.10. The molecule has 1 aromatic carbocycles. The third-order valence-corrected chi connectivity index (χ3v) is 5.82. The highest BCUT2D eigenvalue weighted by atomic mass is 32.1. The first kappa shape index (κ1) is 18.6. The van der Waals surface area contributed by atoms with Crippen molar-refractivity contribution >= 4 is 28.9 Å². The van der Waals surface area contributed by atoms with Crippen LogP contribution in [0.3, 0.4) is 0 Å². The van der Waals surface area contributed by atoms with Crippen LogP contribution >= 0.6 is 11.3 Å². The number of ether oxygens (including phenoxy) is 2. The molecule has 0 spiro atoms. The fourth-order valence-corrected chi connectivity index (χ4v) is 4.18. The van der Waals surface area contributed by atoms with Crippen LogP contribution in [0.1, 0.15) is 16.9 Å². The third kappa shape index (κ3) is 4.22. The number of nitrogens with zero attached hydrogens (tertiary/aromatic N) is 2. The second-order valence-electron chi connectivity index (χ2n) is 6.70. The molecule has 0 saturated carbocycles. The number of nitrogens with one attached hydrogen (secondary N) is 2.